The van der Waals surface area contributed by atoms with E-state index in [4.69, 9.17) is 11.6 Å². The van der Waals surface area contributed by atoms with Gasteiger partial charge in [0.1, 0.15) is 5.78 Å². The van der Waals surface area contributed by atoms with Crippen LogP contribution in [0.15, 0.2) is 22.7 Å². The van der Waals surface area contributed by atoms with Crippen molar-refractivity contribution < 1.29 is 4.79 Å². The summed E-state index contributed by atoms with van der Waals surface area (Å²) in [5.41, 5.74) is 1.02. The van der Waals surface area contributed by atoms with Crippen LogP contribution in [0, 0.1) is 0 Å². The summed E-state index contributed by atoms with van der Waals surface area (Å²) in [5.74, 6) is 0.191. The largest absolute Gasteiger partial charge is 0.300 e. The molecule has 0 radical (unpaired) electrons. The van der Waals surface area contributed by atoms with Gasteiger partial charge in [-0.2, -0.15) is 0 Å². The zero-order valence-corrected chi connectivity index (χ0v) is 9.65. The summed E-state index contributed by atoms with van der Waals surface area (Å²) in [5, 5.41) is 0.712. The van der Waals surface area contributed by atoms with Crippen LogP contribution in [0.2, 0.25) is 5.02 Å². The van der Waals surface area contributed by atoms with Gasteiger partial charge in [0.25, 0.3) is 0 Å². The normalized spacial score (nSPS) is 10.1. The minimum absolute atomic E-state index is 0.191. The highest BCUT2D eigenvalue weighted by Gasteiger charge is 2.04. The van der Waals surface area contributed by atoms with Gasteiger partial charge in [-0.05, 0) is 40.9 Å². The highest BCUT2D eigenvalue weighted by molar-refractivity contribution is 9.10. The van der Waals surface area contributed by atoms with Crippen LogP contribution in [-0.2, 0) is 11.2 Å². The number of carbonyl (C=O) groups excluding carboxylic acids is 1. The second kappa shape index (κ2) is 4.77. The third-order valence-corrected chi connectivity index (χ3v) is 3.11. The van der Waals surface area contributed by atoms with Gasteiger partial charge in [0, 0.05) is 10.9 Å². The maximum Gasteiger partial charge on any atom is 0.130 e. The van der Waals surface area contributed by atoms with Crippen LogP contribution < -0.4 is 0 Å². The first-order chi connectivity index (χ1) is 6.11. The van der Waals surface area contributed by atoms with Crippen LogP contribution in [0.5, 0.6) is 0 Å². The zero-order valence-electron chi connectivity index (χ0n) is 7.31. The standard InChI is InChI=1S/C10H10BrClO/c1-7(13)5-6-8-3-2-4-9(11)10(8)12/h2-4H,5-6H2,1H3. The molecule has 0 N–H and O–H groups in total. The van der Waals surface area contributed by atoms with Gasteiger partial charge in [-0.1, -0.05) is 23.7 Å². The van der Waals surface area contributed by atoms with Crippen molar-refractivity contribution in [3.05, 3.63) is 33.3 Å². The second-order valence-electron chi connectivity index (χ2n) is 2.91. The van der Waals surface area contributed by atoms with Crippen molar-refractivity contribution in [1.82, 2.24) is 0 Å². The molecule has 0 spiro atoms. The first-order valence-electron chi connectivity index (χ1n) is 4.03. The first kappa shape index (κ1) is 10.7. The third-order valence-electron chi connectivity index (χ3n) is 1.78. The molecule has 0 saturated carbocycles. The second-order valence-corrected chi connectivity index (χ2v) is 4.15. The number of carbonyl (C=O) groups is 1. The fourth-order valence-corrected chi connectivity index (χ4v) is 1.68. The zero-order chi connectivity index (χ0) is 9.84. The van der Waals surface area contributed by atoms with Crippen molar-refractivity contribution in [2.24, 2.45) is 0 Å². The lowest BCUT2D eigenvalue weighted by molar-refractivity contribution is -0.116. The quantitative estimate of drug-likeness (QED) is 0.812. The lowest BCUT2D eigenvalue weighted by Crippen LogP contribution is -1.94. The van der Waals surface area contributed by atoms with E-state index < -0.39 is 0 Å². The molecule has 1 rings (SSSR count). The molecule has 0 heterocycles. The van der Waals surface area contributed by atoms with Crippen molar-refractivity contribution in [3.63, 3.8) is 0 Å². The molecule has 70 valence electrons. The average Bonchev–Trinajstić information content (AvgIpc) is 2.07. The summed E-state index contributed by atoms with van der Waals surface area (Å²) in [4.78, 5) is 10.8. The fourth-order valence-electron chi connectivity index (χ4n) is 1.05. The molecule has 0 fully saturated rings. The smallest absolute Gasteiger partial charge is 0.130 e. The monoisotopic (exact) mass is 260 g/mol. The highest BCUT2D eigenvalue weighted by atomic mass is 79.9. The van der Waals surface area contributed by atoms with Crippen molar-refractivity contribution in [3.8, 4) is 0 Å². The number of hydrogen-bond donors (Lipinski definition) is 0. The van der Waals surface area contributed by atoms with Gasteiger partial charge in [0.2, 0.25) is 0 Å². The topological polar surface area (TPSA) is 17.1 Å². The molecule has 0 bridgehead atoms. The van der Waals surface area contributed by atoms with Gasteiger partial charge < -0.3 is 4.79 Å². The maximum atomic E-state index is 10.8. The van der Waals surface area contributed by atoms with Gasteiger partial charge in [-0.25, -0.2) is 0 Å². The van der Waals surface area contributed by atoms with Crippen molar-refractivity contribution >= 4 is 33.3 Å². The number of Topliss-reactive ketones (excluding diaryl/α,β-unsaturated/α-hetero) is 1. The van der Waals surface area contributed by atoms with Gasteiger partial charge in [0.15, 0.2) is 0 Å². The van der Waals surface area contributed by atoms with Crippen LogP contribution in [0.25, 0.3) is 0 Å². The van der Waals surface area contributed by atoms with E-state index in [1.807, 2.05) is 18.2 Å². The Kier molecular flexibility index (Phi) is 3.94. The molecular formula is C10H10BrClO. The summed E-state index contributed by atoms with van der Waals surface area (Å²) in [6.07, 6.45) is 1.27. The molecule has 0 aliphatic carbocycles. The van der Waals surface area contributed by atoms with E-state index in [2.05, 4.69) is 15.9 Å². The molecule has 0 aromatic heterocycles. The van der Waals surface area contributed by atoms with Crippen LogP contribution in [0.3, 0.4) is 0 Å². The van der Waals surface area contributed by atoms with Crippen LogP contribution in [-0.4, -0.2) is 5.78 Å². The average molecular weight is 262 g/mol. The number of hydrogen-bond acceptors (Lipinski definition) is 1. The summed E-state index contributed by atoms with van der Waals surface area (Å²) in [7, 11) is 0. The number of aryl methyl sites for hydroxylation is 1. The summed E-state index contributed by atoms with van der Waals surface area (Å²) >= 11 is 9.35. The summed E-state index contributed by atoms with van der Waals surface area (Å²) < 4.78 is 0.884. The molecule has 0 aliphatic rings. The minimum Gasteiger partial charge on any atom is -0.300 e. The number of ketones is 1. The maximum absolute atomic E-state index is 10.8. The molecule has 13 heavy (non-hydrogen) atoms. The van der Waals surface area contributed by atoms with E-state index in [0.29, 0.717) is 17.9 Å². The van der Waals surface area contributed by atoms with E-state index >= 15 is 0 Å². The summed E-state index contributed by atoms with van der Waals surface area (Å²) in [6.45, 7) is 1.59. The Bertz CT molecular complexity index is 323. The molecule has 0 aliphatic heterocycles. The Morgan fingerprint density at radius 3 is 2.85 bits per heavy atom. The predicted molar refractivity (Wildman–Crippen MR) is 58.2 cm³/mol. The third kappa shape index (κ3) is 3.12. The van der Waals surface area contributed by atoms with Gasteiger partial charge in [-0.15, -0.1) is 0 Å². The molecule has 1 aromatic rings. The number of halogens is 2. The van der Waals surface area contributed by atoms with Gasteiger partial charge in [-0.3, -0.25) is 0 Å². The van der Waals surface area contributed by atoms with Crippen LogP contribution in [0.4, 0.5) is 0 Å². The van der Waals surface area contributed by atoms with Crippen molar-refractivity contribution in [1.29, 1.82) is 0 Å². The SMILES string of the molecule is CC(=O)CCc1cccc(Br)c1Cl. The van der Waals surface area contributed by atoms with E-state index in [-0.39, 0.29) is 5.78 Å². The number of benzene rings is 1. The van der Waals surface area contributed by atoms with E-state index in [1.165, 1.54) is 0 Å². The van der Waals surface area contributed by atoms with Gasteiger partial charge in [0.05, 0.1) is 5.02 Å². The lowest BCUT2D eigenvalue weighted by Gasteiger charge is -2.03. The Hall–Kier alpha value is -0.340. The number of rotatable bonds is 3. The van der Waals surface area contributed by atoms with Crippen LogP contribution >= 0.6 is 27.5 Å². The molecule has 1 nitrogen and oxygen atoms in total. The summed E-state index contributed by atoms with van der Waals surface area (Å²) in [6, 6.07) is 5.75. The van der Waals surface area contributed by atoms with E-state index in [1.54, 1.807) is 6.92 Å². The molecule has 0 atom stereocenters. The Labute approximate surface area is 91.2 Å². The fraction of sp³-hybridized carbons (Fsp3) is 0.300. The Morgan fingerprint density at radius 1 is 1.54 bits per heavy atom. The Morgan fingerprint density at radius 2 is 2.23 bits per heavy atom. The lowest BCUT2D eigenvalue weighted by atomic mass is 10.1. The van der Waals surface area contributed by atoms with E-state index in [0.717, 1.165) is 10.0 Å². The Balaban J connectivity index is 2.77. The molecule has 0 saturated heterocycles. The molecule has 1 aromatic carbocycles. The van der Waals surface area contributed by atoms with Crippen LogP contribution in [0.1, 0.15) is 18.9 Å². The van der Waals surface area contributed by atoms with Crippen molar-refractivity contribution in [2.45, 2.75) is 19.8 Å². The van der Waals surface area contributed by atoms with Gasteiger partial charge >= 0.3 is 0 Å². The minimum atomic E-state index is 0.191. The first-order valence-corrected chi connectivity index (χ1v) is 5.20. The molecular weight excluding hydrogens is 251 g/mol. The van der Waals surface area contributed by atoms with Crippen molar-refractivity contribution in [2.75, 3.05) is 0 Å². The van der Waals surface area contributed by atoms with E-state index in [9.17, 15) is 4.79 Å². The molecule has 0 unspecified atom stereocenters. The highest BCUT2D eigenvalue weighted by Crippen LogP contribution is 2.26. The predicted octanol–water partition coefficient (Wildman–Crippen LogP) is 3.62. The molecule has 0 amide bonds. The molecule has 3 heteroatoms.